The predicted octanol–water partition coefficient (Wildman–Crippen LogP) is 3.03. The molecule has 1 aromatic carbocycles. The molecule has 2 amide bonds. The second-order valence-electron chi connectivity index (χ2n) is 9.85. The van der Waals surface area contributed by atoms with Gasteiger partial charge in [-0.25, -0.2) is 0 Å². The molecule has 7 nitrogen and oxygen atoms in total. The number of piperidine rings is 1. The van der Waals surface area contributed by atoms with Crippen molar-refractivity contribution in [3.8, 4) is 0 Å². The van der Waals surface area contributed by atoms with Gasteiger partial charge in [0.05, 0.1) is 18.2 Å². The van der Waals surface area contributed by atoms with Gasteiger partial charge in [0.2, 0.25) is 5.91 Å². The molecule has 0 bridgehead atoms. The number of nitrogens with one attached hydrogen (secondary N) is 1. The molecule has 2 N–H and O–H groups in total. The number of aromatic amines is 1. The largest absolute Gasteiger partial charge is 0.386 e. The van der Waals surface area contributed by atoms with E-state index >= 15 is 0 Å². The minimum absolute atomic E-state index is 0.0331. The highest BCUT2D eigenvalue weighted by Crippen LogP contribution is 2.40. The third-order valence-corrected chi connectivity index (χ3v) is 7.51. The lowest BCUT2D eigenvalue weighted by atomic mass is 9.77. The summed E-state index contributed by atoms with van der Waals surface area (Å²) in [6.45, 7) is 8.77. The fraction of sp³-hybridized carbons (Fsp3) is 0.600. The second kappa shape index (κ2) is 8.19. The SMILES string of the molecule is CCc1c(C(=O)N2CCC3(CC2)C[C@H](N(C)C(C)=O)[C@@](C)(O)CO3)[nH]c2ccc(C)cc12. The summed E-state index contributed by atoms with van der Waals surface area (Å²) in [5.74, 6) is -0.0353. The molecule has 2 aliphatic rings. The van der Waals surface area contributed by atoms with E-state index < -0.39 is 11.2 Å². The first-order valence-corrected chi connectivity index (χ1v) is 11.6. The van der Waals surface area contributed by atoms with Crippen molar-refractivity contribution in [1.82, 2.24) is 14.8 Å². The molecule has 2 fully saturated rings. The summed E-state index contributed by atoms with van der Waals surface area (Å²) in [4.78, 5) is 32.3. The van der Waals surface area contributed by atoms with Crippen LogP contribution in [0.15, 0.2) is 18.2 Å². The van der Waals surface area contributed by atoms with Crippen molar-refractivity contribution >= 4 is 22.7 Å². The third kappa shape index (κ3) is 3.92. The van der Waals surface area contributed by atoms with Gasteiger partial charge in [0, 0.05) is 38.0 Å². The van der Waals surface area contributed by atoms with E-state index in [0.29, 0.717) is 38.0 Å². The first-order chi connectivity index (χ1) is 15.1. The van der Waals surface area contributed by atoms with Crippen molar-refractivity contribution in [2.75, 3.05) is 26.7 Å². The number of H-pyrrole nitrogens is 1. The topological polar surface area (TPSA) is 85.9 Å². The molecular weight excluding hydrogens is 406 g/mol. The Morgan fingerprint density at radius 2 is 2.00 bits per heavy atom. The standard InChI is InChI=1S/C25H35N3O4/c1-6-18-19-13-16(2)7-8-20(19)26-22(18)23(30)28-11-9-25(10-12-28)14-21(27(5)17(3)29)24(4,31)15-32-25/h7-8,13,21,26,31H,6,9-12,14-15H2,1-5H3/t21-,24-/m0/s1. The van der Waals surface area contributed by atoms with Crippen LogP contribution in [-0.4, -0.2) is 75.7 Å². The number of carbonyl (C=O) groups is 2. The first-order valence-electron chi connectivity index (χ1n) is 11.6. The Morgan fingerprint density at radius 1 is 1.31 bits per heavy atom. The van der Waals surface area contributed by atoms with Gasteiger partial charge in [-0.15, -0.1) is 0 Å². The van der Waals surface area contributed by atoms with E-state index in [2.05, 4.69) is 31.0 Å². The summed E-state index contributed by atoms with van der Waals surface area (Å²) in [5, 5.41) is 11.9. The average Bonchev–Trinajstić information content (AvgIpc) is 3.12. The van der Waals surface area contributed by atoms with E-state index in [1.165, 1.54) is 12.5 Å². The zero-order valence-electron chi connectivity index (χ0n) is 19.8. The number of benzene rings is 1. The van der Waals surface area contributed by atoms with Gasteiger partial charge in [0.15, 0.2) is 0 Å². The Labute approximate surface area is 189 Å². The van der Waals surface area contributed by atoms with Gasteiger partial charge in [0.25, 0.3) is 5.91 Å². The number of amides is 2. The minimum atomic E-state index is -1.09. The van der Waals surface area contributed by atoms with Crippen molar-refractivity contribution in [2.24, 2.45) is 0 Å². The van der Waals surface area contributed by atoms with Crippen LogP contribution in [0.3, 0.4) is 0 Å². The average molecular weight is 442 g/mol. The number of aliphatic hydroxyl groups is 1. The number of aryl methyl sites for hydroxylation is 2. The van der Waals surface area contributed by atoms with Crippen LogP contribution in [-0.2, 0) is 16.0 Å². The van der Waals surface area contributed by atoms with Gasteiger partial charge >= 0.3 is 0 Å². The van der Waals surface area contributed by atoms with Gasteiger partial charge in [0.1, 0.15) is 11.3 Å². The summed E-state index contributed by atoms with van der Waals surface area (Å²) >= 11 is 0. The highest BCUT2D eigenvalue weighted by atomic mass is 16.5. The van der Waals surface area contributed by atoms with Crippen LogP contribution in [0.2, 0.25) is 0 Å². The number of likely N-dealkylation sites (N-methyl/N-ethyl adjacent to an activating group) is 1. The van der Waals surface area contributed by atoms with Crippen LogP contribution < -0.4 is 0 Å². The number of ether oxygens (including phenoxy) is 1. The maximum Gasteiger partial charge on any atom is 0.270 e. The molecule has 0 unspecified atom stereocenters. The van der Waals surface area contributed by atoms with Crippen LogP contribution in [0, 0.1) is 6.92 Å². The van der Waals surface area contributed by atoms with E-state index in [0.717, 1.165) is 22.9 Å². The van der Waals surface area contributed by atoms with Crippen molar-refractivity contribution in [2.45, 2.75) is 70.6 Å². The summed E-state index contributed by atoms with van der Waals surface area (Å²) in [6, 6.07) is 5.93. The summed E-state index contributed by atoms with van der Waals surface area (Å²) in [5.41, 5.74) is 2.43. The maximum absolute atomic E-state index is 13.4. The van der Waals surface area contributed by atoms with Gasteiger partial charge in [-0.1, -0.05) is 18.6 Å². The Balaban J connectivity index is 1.51. The number of likely N-dealkylation sites (tertiary alicyclic amines) is 1. The Hall–Kier alpha value is -2.38. The first kappa shape index (κ1) is 22.8. The van der Waals surface area contributed by atoms with Crippen LogP contribution in [0.1, 0.15) is 61.6 Å². The van der Waals surface area contributed by atoms with Crippen LogP contribution in [0.4, 0.5) is 0 Å². The number of nitrogens with zero attached hydrogens (tertiary/aromatic N) is 2. The molecule has 0 aliphatic carbocycles. The Kier molecular flexibility index (Phi) is 5.84. The molecule has 2 saturated heterocycles. The van der Waals surface area contributed by atoms with Crippen molar-refractivity contribution < 1.29 is 19.4 Å². The van der Waals surface area contributed by atoms with E-state index in [4.69, 9.17) is 4.74 Å². The lowest BCUT2D eigenvalue weighted by Crippen LogP contribution is -2.64. The molecule has 3 heterocycles. The molecule has 2 aromatic rings. The molecule has 1 aromatic heterocycles. The number of fused-ring (bicyclic) bond motifs is 1. The molecule has 174 valence electrons. The molecule has 1 spiro atoms. The normalized spacial score (nSPS) is 25.3. The van der Waals surface area contributed by atoms with E-state index in [1.54, 1.807) is 18.9 Å². The van der Waals surface area contributed by atoms with Gasteiger partial charge in [-0.2, -0.15) is 0 Å². The summed E-state index contributed by atoms with van der Waals surface area (Å²) < 4.78 is 6.19. The summed E-state index contributed by atoms with van der Waals surface area (Å²) in [7, 11) is 1.74. The fourth-order valence-electron chi connectivity index (χ4n) is 5.34. The van der Waals surface area contributed by atoms with Crippen LogP contribution >= 0.6 is 0 Å². The number of hydrogen-bond acceptors (Lipinski definition) is 4. The van der Waals surface area contributed by atoms with Gasteiger partial charge in [-0.3, -0.25) is 9.59 Å². The lowest BCUT2D eigenvalue weighted by Gasteiger charge is -2.52. The van der Waals surface area contributed by atoms with E-state index in [1.807, 2.05) is 11.0 Å². The third-order valence-electron chi connectivity index (χ3n) is 7.51. The van der Waals surface area contributed by atoms with Crippen molar-refractivity contribution in [3.05, 3.63) is 35.0 Å². The number of aromatic nitrogens is 1. The highest BCUT2D eigenvalue weighted by Gasteiger charge is 2.50. The van der Waals surface area contributed by atoms with E-state index in [-0.39, 0.29) is 24.5 Å². The fourth-order valence-corrected chi connectivity index (χ4v) is 5.34. The lowest BCUT2D eigenvalue weighted by molar-refractivity contribution is -0.207. The van der Waals surface area contributed by atoms with Crippen molar-refractivity contribution in [1.29, 1.82) is 0 Å². The van der Waals surface area contributed by atoms with Crippen LogP contribution in [0.5, 0.6) is 0 Å². The zero-order chi connectivity index (χ0) is 23.3. The molecule has 32 heavy (non-hydrogen) atoms. The Morgan fingerprint density at radius 3 is 2.62 bits per heavy atom. The van der Waals surface area contributed by atoms with Gasteiger partial charge in [-0.05, 0) is 57.2 Å². The monoisotopic (exact) mass is 441 g/mol. The van der Waals surface area contributed by atoms with Gasteiger partial charge < -0.3 is 24.6 Å². The molecule has 4 rings (SSSR count). The molecular formula is C25H35N3O4. The summed E-state index contributed by atoms with van der Waals surface area (Å²) in [6.07, 6.45) is 2.75. The van der Waals surface area contributed by atoms with Crippen LogP contribution in [0.25, 0.3) is 10.9 Å². The molecule has 2 aliphatic heterocycles. The minimum Gasteiger partial charge on any atom is -0.386 e. The quantitative estimate of drug-likeness (QED) is 0.767. The highest BCUT2D eigenvalue weighted by molar-refractivity contribution is 6.01. The number of rotatable bonds is 3. The molecule has 0 radical (unpaired) electrons. The smallest absolute Gasteiger partial charge is 0.270 e. The molecule has 0 saturated carbocycles. The van der Waals surface area contributed by atoms with E-state index in [9.17, 15) is 14.7 Å². The molecule has 2 atom stereocenters. The number of carbonyl (C=O) groups excluding carboxylic acids is 2. The van der Waals surface area contributed by atoms with Crippen molar-refractivity contribution in [3.63, 3.8) is 0 Å². The predicted molar refractivity (Wildman–Crippen MR) is 124 cm³/mol. The molecule has 7 heteroatoms. The Bertz CT molecular complexity index is 1030. The second-order valence-corrected chi connectivity index (χ2v) is 9.85. The number of hydrogen-bond donors (Lipinski definition) is 2. The maximum atomic E-state index is 13.4. The zero-order valence-corrected chi connectivity index (χ0v) is 19.8.